The van der Waals surface area contributed by atoms with Crippen molar-refractivity contribution in [1.82, 2.24) is 0 Å². The number of hydrogen-bond donors (Lipinski definition) is 1. The van der Waals surface area contributed by atoms with Gasteiger partial charge in [-0.2, -0.15) is 5.26 Å². The molecule has 9 nitrogen and oxygen atoms in total. The number of thiocarbonyl (C=S) groups is 1. The monoisotopic (exact) mass is 591 g/mol. The average molecular weight is 592 g/mol. The maximum atomic E-state index is 13.3. The van der Waals surface area contributed by atoms with Gasteiger partial charge in [-0.15, -0.1) is 11.8 Å². The van der Waals surface area contributed by atoms with Crippen LogP contribution < -0.4 is 0 Å². The van der Waals surface area contributed by atoms with Crippen LogP contribution in [0.1, 0.15) is 74.1 Å². The number of esters is 2. The van der Waals surface area contributed by atoms with Crippen molar-refractivity contribution >= 4 is 57.2 Å². The maximum absolute atomic E-state index is 13.3. The highest BCUT2D eigenvalue weighted by Crippen LogP contribution is 2.43. The van der Waals surface area contributed by atoms with Crippen molar-refractivity contribution < 1.29 is 38.4 Å². The summed E-state index contributed by atoms with van der Waals surface area (Å²) in [6, 6.07) is 2.18. The number of carboxylic acids is 1. The molecule has 0 aromatic carbocycles. The number of nitrogens with zero attached hydrogens (tertiary/aromatic N) is 1. The van der Waals surface area contributed by atoms with E-state index in [-0.39, 0.29) is 50.4 Å². The number of hydrogen-bond acceptors (Lipinski definition) is 11. The highest BCUT2D eigenvalue weighted by atomic mass is 32.2. The highest BCUT2D eigenvalue weighted by Gasteiger charge is 2.45. The summed E-state index contributed by atoms with van der Waals surface area (Å²) >= 11 is 7.98. The van der Waals surface area contributed by atoms with Crippen LogP contribution in [-0.2, 0) is 33.3 Å². The summed E-state index contributed by atoms with van der Waals surface area (Å²) in [6.45, 7) is 12.6. The van der Waals surface area contributed by atoms with E-state index < -0.39 is 40.5 Å². The van der Waals surface area contributed by atoms with Gasteiger partial charge in [-0.05, 0) is 44.8 Å². The summed E-state index contributed by atoms with van der Waals surface area (Å²) in [7, 11) is 0. The summed E-state index contributed by atoms with van der Waals surface area (Å²) in [5.41, 5.74) is -1.07. The lowest BCUT2D eigenvalue weighted by Gasteiger charge is -2.43. The molecule has 1 N–H and O–H groups in total. The largest absolute Gasteiger partial charge is 0.481 e. The first-order chi connectivity index (χ1) is 17.7. The Labute approximate surface area is 240 Å². The second kappa shape index (κ2) is 16.0. The van der Waals surface area contributed by atoms with Crippen molar-refractivity contribution in [3.8, 4) is 6.07 Å². The Kier molecular flexibility index (Phi) is 14.6. The molecule has 1 aliphatic heterocycles. The molecule has 0 aromatic rings. The van der Waals surface area contributed by atoms with Crippen LogP contribution in [-0.4, -0.2) is 68.8 Å². The molecule has 216 valence electrons. The molecule has 1 rings (SSSR count). The number of nitriles is 1. The minimum atomic E-state index is -1.21. The van der Waals surface area contributed by atoms with Crippen LogP contribution in [0.15, 0.2) is 0 Å². The minimum absolute atomic E-state index is 0.00907. The molecule has 7 unspecified atom stereocenters. The predicted octanol–water partition coefficient (Wildman–Crippen LogP) is 5.20. The Balaban J connectivity index is 2.92. The van der Waals surface area contributed by atoms with Gasteiger partial charge in [0.2, 0.25) is 0 Å². The molecule has 0 aliphatic carbocycles. The van der Waals surface area contributed by atoms with Crippen molar-refractivity contribution in [1.29, 1.82) is 5.26 Å². The first-order valence-corrected chi connectivity index (χ1v) is 15.0. The molecule has 0 spiro atoms. The van der Waals surface area contributed by atoms with E-state index in [4.69, 9.17) is 36.3 Å². The van der Waals surface area contributed by atoms with Gasteiger partial charge in [0.1, 0.15) is 14.9 Å². The number of thioether (sulfide) groups is 2. The fourth-order valence-electron chi connectivity index (χ4n) is 4.46. The lowest BCUT2D eigenvalue weighted by atomic mass is 9.78. The Morgan fingerprint density at radius 3 is 2.34 bits per heavy atom. The minimum Gasteiger partial charge on any atom is -0.481 e. The van der Waals surface area contributed by atoms with Crippen molar-refractivity contribution in [3.63, 3.8) is 0 Å². The van der Waals surface area contributed by atoms with E-state index in [0.717, 1.165) is 23.9 Å². The van der Waals surface area contributed by atoms with E-state index in [1.54, 1.807) is 13.8 Å². The quantitative estimate of drug-likeness (QED) is 0.162. The molecule has 1 fully saturated rings. The van der Waals surface area contributed by atoms with Crippen LogP contribution in [0, 0.1) is 28.6 Å². The van der Waals surface area contributed by atoms with Crippen molar-refractivity contribution in [3.05, 3.63) is 0 Å². The second-order valence-electron chi connectivity index (χ2n) is 10.0. The van der Waals surface area contributed by atoms with E-state index in [0.29, 0.717) is 3.53 Å². The van der Waals surface area contributed by atoms with Crippen LogP contribution in [0.2, 0.25) is 0 Å². The van der Waals surface area contributed by atoms with Crippen LogP contribution in [0.5, 0.6) is 0 Å². The molecular weight excluding hydrogens is 550 g/mol. The van der Waals surface area contributed by atoms with Crippen molar-refractivity contribution in [2.24, 2.45) is 17.3 Å². The van der Waals surface area contributed by atoms with E-state index in [9.17, 15) is 19.6 Å². The number of ether oxygens (including phenoxy) is 4. The normalized spacial score (nSPS) is 26.3. The first kappa shape index (κ1) is 34.6. The standard InChI is InChI=1S/C26H41NO8S3/c1-8-19-16(3)17(4)21(34-18(5)28)22(35-19)32-12-13-33-23(31)26(7,38-24(36)37-9-2)14-25(6,15-27)11-10-20(29)30/h16-17,19,21-22H,8-14H2,1-7H3,(H,29,30). The SMILES string of the molecule is CCSC(=S)SC(C)(CC(C)(C#N)CCC(=O)O)C(=O)OCCOC1OC(CC)C(C)C(C)C1OC(C)=O. The predicted molar refractivity (Wildman–Crippen MR) is 152 cm³/mol. The summed E-state index contributed by atoms with van der Waals surface area (Å²) in [5, 5.41) is 18.9. The Morgan fingerprint density at radius 2 is 1.82 bits per heavy atom. The summed E-state index contributed by atoms with van der Waals surface area (Å²) in [4.78, 5) is 36.1. The molecule has 1 saturated heterocycles. The lowest BCUT2D eigenvalue weighted by Crippen LogP contribution is -2.52. The van der Waals surface area contributed by atoms with Crippen LogP contribution >= 0.6 is 35.7 Å². The van der Waals surface area contributed by atoms with Gasteiger partial charge < -0.3 is 24.1 Å². The highest BCUT2D eigenvalue weighted by molar-refractivity contribution is 8.47. The number of carbonyl (C=O) groups excluding carboxylic acids is 2. The molecule has 0 amide bonds. The smallest absolute Gasteiger partial charge is 0.322 e. The Morgan fingerprint density at radius 1 is 1.16 bits per heavy atom. The van der Waals surface area contributed by atoms with E-state index in [2.05, 4.69) is 13.0 Å². The van der Waals surface area contributed by atoms with Gasteiger partial charge in [0.25, 0.3) is 0 Å². The molecule has 1 heterocycles. The number of rotatable bonds is 14. The summed E-state index contributed by atoms with van der Waals surface area (Å²) < 4.78 is 22.3. The Hall–Kier alpha value is -1.39. The van der Waals surface area contributed by atoms with Gasteiger partial charge in [0.05, 0.1) is 24.2 Å². The molecule has 0 aromatic heterocycles. The van der Waals surface area contributed by atoms with E-state index in [1.807, 2.05) is 20.8 Å². The summed E-state index contributed by atoms with van der Waals surface area (Å²) in [5.74, 6) is -1.11. The average Bonchev–Trinajstić information content (AvgIpc) is 2.84. The van der Waals surface area contributed by atoms with Crippen LogP contribution in [0.25, 0.3) is 0 Å². The van der Waals surface area contributed by atoms with Crippen molar-refractivity contribution in [2.45, 2.75) is 97.4 Å². The zero-order valence-electron chi connectivity index (χ0n) is 23.3. The zero-order valence-corrected chi connectivity index (χ0v) is 25.8. The van der Waals surface area contributed by atoms with Crippen LogP contribution in [0.3, 0.4) is 0 Å². The van der Waals surface area contributed by atoms with Crippen LogP contribution in [0.4, 0.5) is 0 Å². The second-order valence-corrected chi connectivity index (χ2v) is 14.0. The number of carboxylic acid groups (broad SMARTS) is 1. The molecule has 0 bridgehead atoms. The molecule has 38 heavy (non-hydrogen) atoms. The van der Waals surface area contributed by atoms with Crippen molar-refractivity contribution in [2.75, 3.05) is 19.0 Å². The molecule has 12 heteroatoms. The van der Waals surface area contributed by atoms with E-state index in [1.165, 1.54) is 18.7 Å². The lowest BCUT2D eigenvalue weighted by molar-refractivity contribution is -0.276. The third kappa shape index (κ3) is 10.6. The topological polar surface area (TPSA) is 132 Å². The van der Waals surface area contributed by atoms with Gasteiger partial charge in [0.15, 0.2) is 12.4 Å². The number of carbonyl (C=O) groups is 3. The first-order valence-electron chi connectivity index (χ1n) is 12.8. The van der Waals surface area contributed by atoms with Gasteiger partial charge in [-0.1, -0.05) is 51.7 Å². The summed E-state index contributed by atoms with van der Waals surface area (Å²) in [6.07, 6.45) is -0.704. The van der Waals surface area contributed by atoms with Gasteiger partial charge in [0, 0.05) is 19.3 Å². The Bertz CT molecular complexity index is 881. The molecular formula is C26H41NO8S3. The van der Waals surface area contributed by atoms with Gasteiger partial charge in [-0.25, -0.2) is 0 Å². The molecule has 7 atom stereocenters. The molecule has 0 radical (unpaired) electrons. The third-order valence-electron chi connectivity index (χ3n) is 6.70. The fraction of sp³-hybridized carbons (Fsp3) is 0.808. The van der Waals surface area contributed by atoms with Gasteiger partial charge >= 0.3 is 17.9 Å². The third-order valence-corrected chi connectivity index (χ3v) is 9.36. The molecule has 0 saturated carbocycles. The fourth-order valence-corrected chi connectivity index (χ4v) is 7.64. The number of aliphatic carboxylic acids is 1. The van der Waals surface area contributed by atoms with Gasteiger partial charge in [-0.3, -0.25) is 14.4 Å². The van der Waals surface area contributed by atoms with E-state index >= 15 is 0 Å². The maximum Gasteiger partial charge on any atom is 0.322 e. The zero-order chi connectivity index (χ0) is 29.1. The molecule has 1 aliphatic rings.